The molecule has 0 atom stereocenters. The minimum atomic E-state index is 0.126. The van der Waals surface area contributed by atoms with Gasteiger partial charge in [-0.3, -0.25) is 4.79 Å². The van der Waals surface area contributed by atoms with Gasteiger partial charge in [-0.1, -0.05) is 12.1 Å². The fourth-order valence-corrected chi connectivity index (χ4v) is 2.43. The van der Waals surface area contributed by atoms with Gasteiger partial charge < -0.3 is 10.2 Å². The van der Waals surface area contributed by atoms with Crippen molar-refractivity contribution in [3.8, 4) is 0 Å². The van der Waals surface area contributed by atoms with E-state index in [1.807, 2.05) is 20.9 Å². The van der Waals surface area contributed by atoms with Crippen LogP contribution in [-0.2, 0) is 11.3 Å². The molecule has 1 rings (SSSR count). The third-order valence-corrected chi connectivity index (χ3v) is 4.27. The Hall–Kier alpha value is -1.00. The maximum Gasteiger partial charge on any atom is 0.232 e. The van der Waals surface area contributed by atoms with Crippen LogP contribution in [0.15, 0.2) is 29.2 Å². The van der Waals surface area contributed by atoms with Crippen molar-refractivity contribution in [3.05, 3.63) is 29.8 Å². The number of carbonyl (C=O) groups is 1. The van der Waals surface area contributed by atoms with Crippen molar-refractivity contribution in [1.29, 1.82) is 0 Å². The smallest absolute Gasteiger partial charge is 0.232 e. The van der Waals surface area contributed by atoms with Crippen LogP contribution in [0, 0.1) is 0 Å². The number of rotatable bonds is 6. The maximum absolute atomic E-state index is 11.9. The van der Waals surface area contributed by atoms with E-state index in [-0.39, 0.29) is 17.5 Å². The molecule has 1 N–H and O–H groups in total. The molecule has 1 aromatic rings. The van der Waals surface area contributed by atoms with E-state index in [4.69, 9.17) is 0 Å². The largest absolute Gasteiger partial charge is 0.343 e. The predicted octanol–water partition coefficient (Wildman–Crippen LogP) is 3.53. The summed E-state index contributed by atoms with van der Waals surface area (Å²) in [6.45, 7) is 11.4. The third kappa shape index (κ3) is 7.00. The van der Waals surface area contributed by atoms with Crippen LogP contribution in [0.5, 0.6) is 0 Å². The molecule has 118 valence electrons. The van der Waals surface area contributed by atoms with E-state index in [1.54, 1.807) is 16.7 Å². The number of hydrogen-bond donors (Lipinski definition) is 1. The maximum atomic E-state index is 11.9. The molecule has 0 aromatic heterocycles. The Morgan fingerprint density at radius 2 is 1.81 bits per heavy atom. The lowest BCUT2D eigenvalue weighted by atomic mass is 10.1. The lowest BCUT2D eigenvalue weighted by Crippen LogP contribution is -2.35. The van der Waals surface area contributed by atoms with Crippen molar-refractivity contribution in [2.24, 2.45) is 0 Å². The van der Waals surface area contributed by atoms with Gasteiger partial charge in [-0.2, -0.15) is 0 Å². The Morgan fingerprint density at radius 1 is 1.24 bits per heavy atom. The standard InChI is InChI=1S/C17H28N2OS/c1-13(2)19(6)16(20)12-21-15-9-7-14(8-10-15)11-18-17(3,4)5/h7-10,13,18H,11-12H2,1-6H3. The fraction of sp³-hybridized carbons (Fsp3) is 0.588. The molecule has 0 fully saturated rings. The highest BCUT2D eigenvalue weighted by atomic mass is 32.2. The van der Waals surface area contributed by atoms with Gasteiger partial charge in [0.25, 0.3) is 0 Å². The van der Waals surface area contributed by atoms with Crippen LogP contribution in [0.3, 0.4) is 0 Å². The summed E-state index contributed by atoms with van der Waals surface area (Å²) >= 11 is 1.59. The number of benzene rings is 1. The Kier molecular flexibility index (Phi) is 6.75. The van der Waals surface area contributed by atoms with E-state index in [0.717, 1.165) is 11.4 Å². The zero-order valence-corrected chi connectivity index (χ0v) is 14.9. The summed E-state index contributed by atoms with van der Waals surface area (Å²) in [5.41, 5.74) is 1.39. The molecule has 0 aliphatic rings. The lowest BCUT2D eigenvalue weighted by Gasteiger charge is -2.21. The molecule has 4 heteroatoms. The highest BCUT2D eigenvalue weighted by molar-refractivity contribution is 8.00. The Labute approximate surface area is 133 Å². The predicted molar refractivity (Wildman–Crippen MR) is 91.7 cm³/mol. The fourth-order valence-electron chi connectivity index (χ4n) is 1.61. The van der Waals surface area contributed by atoms with Crippen molar-refractivity contribution in [3.63, 3.8) is 0 Å². The van der Waals surface area contributed by atoms with Crippen molar-refractivity contribution in [2.75, 3.05) is 12.8 Å². The first kappa shape index (κ1) is 18.1. The molecular weight excluding hydrogens is 280 g/mol. The molecule has 0 bridgehead atoms. The van der Waals surface area contributed by atoms with Gasteiger partial charge in [0.05, 0.1) is 5.75 Å². The van der Waals surface area contributed by atoms with Gasteiger partial charge in [-0.15, -0.1) is 11.8 Å². The lowest BCUT2D eigenvalue weighted by molar-refractivity contribution is -0.128. The zero-order chi connectivity index (χ0) is 16.0. The van der Waals surface area contributed by atoms with Crippen LogP contribution in [-0.4, -0.2) is 35.2 Å². The van der Waals surface area contributed by atoms with Crippen molar-refractivity contribution < 1.29 is 4.79 Å². The minimum Gasteiger partial charge on any atom is -0.343 e. The van der Waals surface area contributed by atoms with Crippen molar-refractivity contribution in [2.45, 2.75) is 57.6 Å². The summed E-state index contributed by atoms with van der Waals surface area (Å²) in [6.07, 6.45) is 0. The first-order valence-corrected chi connectivity index (χ1v) is 8.40. The normalized spacial score (nSPS) is 11.8. The van der Waals surface area contributed by atoms with E-state index in [2.05, 4.69) is 50.4 Å². The van der Waals surface area contributed by atoms with E-state index in [9.17, 15) is 4.79 Å². The van der Waals surface area contributed by atoms with E-state index in [1.165, 1.54) is 5.56 Å². The van der Waals surface area contributed by atoms with Gasteiger partial charge in [-0.05, 0) is 52.3 Å². The average Bonchev–Trinajstić information content (AvgIpc) is 2.41. The monoisotopic (exact) mass is 308 g/mol. The van der Waals surface area contributed by atoms with Crippen LogP contribution in [0.2, 0.25) is 0 Å². The number of hydrogen-bond acceptors (Lipinski definition) is 3. The molecule has 0 heterocycles. The van der Waals surface area contributed by atoms with Crippen molar-refractivity contribution in [1.82, 2.24) is 10.2 Å². The van der Waals surface area contributed by atoms with E-state index >= 15 is 0 Å². The van der Waals surface area contributed by atoms with E-state index in [0.29, 0.717) is 5.75 Å². The number of carbonyl (C=O) groups excluding carboxylic acids is 1. The molecule has 0 aliphatic carbocycles. The Bertz CT molecular complexity index is 449. The summed E-state index contributed by atoms with van der Waals surface area (Å²) in [5, 5.41) is 3.47. The van der Waals surface area contributed by atoms with Crippen LogP contribution >= 0.6 is 11.8 Å². The van der Waals surface area contributed by atoms with Gasteiger partial charge in [0.15, 0.2) is 0 Å². The summed E-state index contributed by atoms with van der Waals surface area (Å²) in [4.78, 5) is 14.9. The molecule has 0 saturated heterocycles. The molecule has 0 spiro atoms. The summed E-state index contributed by atoms with van der Waals surface area (Å²) < 4.78 is 0. The van der Waals surface area contributed by atoms with Crippen LogP contribution in [0.1, 0.15) is 40.2 Å². The van der Waals surface area contributed by atoms with Gasteiger partial charge in [0, 0.05) is 30.1 Å². The van der Waals surface area contributed by atoms with Crippen LogP contribution in [0.4, 0.5) is 0 Å². The second-order valence-electron chi connectivity index (χ2n) is 6.63. The Morgan fingerprint density at radius 3 is 2.29 bits per heavy atom. The molecule has 0 aliphatic heterocycles. The topological polar surface area (TPSA) is 32.3 Å². The summed E-state index contributed by atoms with van der Waals surface area (Å²) in [6, 6.07) is 8.68. The number of nitrogens with one attached hydrogen (secondary N) is 1. The molecule has 0 radical (unpaired) electrons. The van der Waals surface area contributed by atoms with Gasteiger partial charge in [0.1, 0.15) is 0 Å². The van der Waals surface area contributed by atoms with Gasteiger partial charge >= 0.3 is 0 Å². The molecular formula is C17H28N2OS. The second kappa shape index (κ2) is 7.85. The quantitative estimate of drug-likeness (QED) is 0.816. The van der Waals surface area contributed by atoms with Crippen molar-refractivity contribution >= 4 is 17.7 Å². The van der Waals surface area contributed by atoms with Gasteiger partial charge in [0.2, 0.25) is 5.91 Å². The minimum absolute atomic E-state index is 0.126. The molecule has 1 aromatic carbocycles. The second-order valence-corrected chi connectivity index (χ2v) is 7.68. The highest BCUT2D eigenvalue weighted by Gasteiger charge is 2.12. The first-order chi connectivity index (χ1) is 9.69. The van der Waals surface area contributed by atoms with E-state index < -0.39 is 0 Å². The number of amides is 1. The number of thioether (sulfide) groups is 1. The average molecular weight is 308 g/mol. The molecule has 0 unspecified atom stereocenters. The molecule has 0 saturated carbocycles. The number of nitrogens with zero attached hydrogens (tertiary/aromatic N) is 1. The molecule has 3 nitrogen and oxygen atoms in total. The first-order valence-electron chi connectivity index (χ1n) is 7.41. The molecule has 1 amide bonds. The zero-order valence-electron chi connectivity index (χ0n) is 14.1. The highest BCUT2D eigenvalue weighted by Crippen LogP contribution is 2.19. The third-order valence-electron chi connectivity index (χ3n) is 3.28. The molecule has 21 heavy (non-hydrogen) atoms. The van der Waals surface area contributed by atoms with Gasteiger partial charge in [-0.25, -0.2) is 0 Å². The summed E-state index contributed by atoms with van der Waals surface area (Å²) in [7, 11) is 1.86. The van der Waals surface area contributed by atoms with Crippen LogP contribution in [0.25, 0.3) is 0 Å². The summed E-state index contributed by atoms with van der Waals surface area (Å²) in [5.74, 6) is 0.669. The van der Waals surface area contributed by atoms with Crippen LogP contribution < -0.4 is 5.32 Å². The Balaban J connectivity index is 2.46. The SMILES string of the molecule is CC(C)N(C)C(=O)CSc1ccc(CNC(C)(C)C)cc1.